The van der Waals surface area contributed by atoms with E-state index in [4.69, 9.17) is 0 Å². The number of likely N-dealkylation sites (tertiary alicyclic amines) is 1. The van der Waals surface area contributed by atoms with Gasteiger partial charge in [0.2, 0.25) is 11.8 Å². The van der Waals surface area contributed by atoms with Gasteiger partial charge in [-0.15, -0.1) is 0 Å². The summed E-state index contributed by atoms with van der Waals surface area (Å²) in [4.78, 5) is 59.1. The molecule has 3 unspecified atom stereocenters. The van der Waals surface area contributed by atoms with E-state index in [9.17, 15) is 19.2 Å². The van der Waals surface area contributed by atoms with E-state index in [1.807, 2.05) is 32.0 Å². The lowest BCUT2D eigenvalue weighted by molar-refractivity contribution is -0.144. The fourth-order valence-electron chi connectivity index (χ4n) is 8.59. The number of carbonyl (C=O) groups excluding carboxylic acids is 4. The number of nitrogens with zero attached hydrogens (tertiary/aromatic N) is 4. The Kier molecular flexibility index (Phi) is 7.09. The summed E-state index contributed by atoms with van der Waals surface area (Å²) >= 11 is 0. The highest BCUT2D eigenvalue weighted by Gasteiger charge is 2.58. The number of nitrogens with one attached hydrogen (secondary N) is 2. The lowest BCUT2D eigenvalue weighted by atomic mass is 9.59. The van der Waals surface area contributed by atoms with Gasteiger partial charge in [0.25, 0.3) is 5.91 Å². The minimum absolute atomic E-state index is 0.00807. The molecule has 1 spiro atoms. The van der Waals surface area contributed by atoms with Crippen LogP contribution in [0, 0.1) is 29.1 Å². The van der Waals surface area contributed by atoms with E-state index in [0.717, 1.165) is 29.7 Å². The fraction of sp³-hybridized carbons (Fsp3) is 0.656. The number of urea groups is 1. The number of imide groups is 1. The molecule has 1 aromatic heterocycles. The van der Waals surface area contributed by atoms with Crippen molar-refractivity contribution in [2.45, 2.75) is 84.2 Å². The van der Waals surface area contributed by atoms with Crippen LogP contribution >= 0.6 is 0 Å². The Bertz CT molecular complexity index is 1390. The Balaban J connectivity index is 1.17. The number of hydrogen-bond acceptors (Lipinski definition) is 5. The van der Waals surface area contributed by atoms with E-state index >= 15 is 0 Å². The summed E-state index contributed by atoms with van der Waals surface area (Å²) in [5.41, 5.74) is -0.0221. The second kappa shape index (κ2) is 10.4. The van der Waals surface area contributed by atoms with Crippen LogP contribution in [0.2, 0.25) is 0 Å². The topological polar surface area (TPSA) is 119 Å². The molecule has 4 aliphatic rings. The van der Waals surface area contributed by atoms with E-state index in [1.54, 1.807) is 16.0 Å². The largest absolute Gasteiger partial charge is 0.344 e. The number of amides is 5. The van der Waals surface area contributed by atoms with Crippen molar-refractivity contribution in [1.82, 2.24) is 25.3 Å². The number of fused-ring (bicyclic) bond motifs is 3. The number of anilines is 1. The van der Waals surface area contributed by atoms with Crippen LogP contribution in [0.4, 0.5) is 10.5 Å². The van der Waals surface area contributed by atoms with Gasteiger partial charge in [0.1, 0.15) is 11.6 Å². The molecule has 2 saturated heterocycles. The van der Waals surface area contributed by atoms with E-state index in [1.165, 1.54) is 31.2 Å². The summed E-state index contributed by atoms with van der Waals surface area (Å²) in [6.07, 6.45) is 7.71. The number of H-pyrrole nitrogens is 1. The van der Waals surface area contributed by atoms with Crippen molar-refractivity contribution in [2.24, 2.45) is 29.1 Å². The molecule has 10 nitrogen and oxygen atoms in total. The number of aromatic nitrogens is 2. The smallest absolute Gasteiger partial charge is 0.331 e. The van der Waals surface area contributed by atoms with Crippen molar-refractivity contribution < 1.29 is 19.2 Å². The number of benzene rings is 1. The second-order valence-electron chi connectivity index (χ2n) is 14.2. The van der Waals surface area contributed by atoms with E-state index < -0.39 is 17.0 Å². The molecule has 4 fully saturated rings. The lowest BCUT2D eigenvalue weighted by Crippen LogP contribution is -2.61. The van der Waals surface area contributed by atoms with Crippen molar-refractivity contribution in [2.75, 3.05) is 25.0 Å². The average Bonchev–Trinajstić information content (AvgIpc) is 3.48. The minimum Gasteiger partial charge on any atom is -0.344 e. The molecular formula is C32H44N6O4. The number of aromatic amines is 1. The molecule has 6 rings (SSSR count). The maximum atomic E-state index is 13.9. The van der Waals surface area contributed by atoms with Gasteiger partial charge in [-0.1, -0.05) is 27.7 Å². The summed E-state index contributed by atoms with van der Waals surface area (Å²) in [5, 5.41) is 11.0. The first kappa shape index (κ1) is 28.7. The van der Waals surface area contributed by atoms with Gasteiger partial charge in [0.05, 0.1) is 11.7 Å². The molecule has 1 aromatic carbocycles. The SMILES string of the molecule is CC1CC2CC(C1)CC(C)(C(=O)NC(C(=O)N1CCC3(CC1)C(=O)N(C)C(=O)N3c1ccc3[nH]ncc3c1)C(C)C)C2. The third kappa shape index (κ3) is 4.67. The van der Waals surface area contributed by atoms with Gasteiger partial charge in [-0.05, 0) is 86.8 Å². The molecule has 226 valence electrons. The summed E-state index contributed by atoms with van der Waals surface area (Å²) in [7, 11) is 1.52. The highest BCUT2D eigenvalue weighted by Crippen LogP contribution is 2.50. The third-order valence-corrected chi connectivity index (χ3v) is 10.6. The molecule has 2 aliphatic carbocycles. The lowest BCUT2D eigenvalue weighted by Gasteiger charge is -2.47. The molecule has 5 amide bonds. The van der Waals surface area contributed by atoms with Crippen molar-refractivity contribution >= 4 is 40.3 Å². The highest BCUT2D eigenvalue weighted by atomic mass is 16.2. The first-order valence-corrected chi connectivity index (χ1v) is 15.6. The zero-order valence-electron chi connectivity index (χ0n) is 25.5. The molecule has 3 atom stereocenters. The van der Waals surface area contributed by atoms with Crippen LogP contribution in [-0.4, -0.2) is 75.5 Å². The average molecular weight is 577 g/mol. The van der Waals surface area contributed by atoms with Crippen molar-refractivity contribution in [3.63, 3.8) is 0 Å². The van der Waals surface area contributed by atoms with Crippen LogP contribution in [0.3, 0.4) is 0 Å². The maximum absolute atomic E-state index is 13.9. The second-order valence-corrected chi connectivity index (χ2v) is 14.2. The van der Waals surface area contributed by atoms with Gasteiger partial charge in [-0.3, -0.25) is 29.3 Å². The summed E-state index contributed by atoms with van der Waals surface area (Å²) in [6.45, 7) is 9.00. The molecule has 3 heterocycles. The Labute approximate surface area is 247 Å². The third-order valence-electron chi connectivity index (χ3n) is 10.6. The molecule has 2 N–H and O–H groups in total. The molecule has 2 aromatic rings. The Hall–Kier alpha value is -3.43. The summed E-state index contributed by atoms with van der Waals surface area (Å²) < 4.78 is 0. The molecule has 2 saturated carbocycles. The van der Waals surface area contributed by atoms with Gasteiger partial charge in [0.15, 0.2) is 0 Å². The zero-order chi connectivity index (χ0) is 30.0. The number of likely N-dealkylation sites (N-methyl/N-ethyl adjacent to an activating group) is 1. The molecule has 2 bridgehead atoms. The van der Waals surface area contributed by atoms with E-state index in [2.05, 4.69) is 29.4 Å². The Morgan fingerprint density at radius 3 is 2.38 bits per heavy atom. The van der Waals surface area contributed by atoms with Crippen LogP contribution in [0.5, 0.6) is 0 Å². The zero-order valence-corrected chi connectivity index (χ0v) is 25.5. The van der Waals surface area contributed by atoms with Crippen LogP contribution in [0.15, 0.2) is 24.4 Å². The summed E-state index contributed by atoms with van der Waals surface area (Å²) in [5.74, 6) is 1.44. The van der Waals surface area contributed by atoms with Gasteiger partial charge in [-0.25, -0.2) is 4.79 Å². The van der Waals surface area contributed by atoms with E-state index in [-0.39, 0.29) is 29.7 Å². The van der Waals surface area contributed by atoms with Crippen LogP contribution in [0.1, 0.15) is 72.6 Å². The van der Waals surface area contributed by atoms with Gasteiger partial charge < -0.3 is 10.2 Å². The van der Waals surface area contributed by atoms with Crippen LogP contribution in [-0.2, 0) is 14.4 Å². The number of hydrogen-bond donors (Lipinski definition) is 2. The molecule has 42 heavy (non-hydrogen) atoms. The van der Waals surface area contributed by atoms with Gasteiger partial charge >= 0.3 is 6.03 Å². The standard InChI is InChI=1S/C32H44N6O4/c1-19(2)26(34-28(40)31(4)16-21-12-20(3)13-22(14-21)17-31)27(39)37-10-8-32(9-11-37)29(41)36(5)30(42)38(32)24-6-7-25-23(15-24)18-33-35-25/h6-7,15,18-22,26H,8-14,16-17H2,1-5H3,(H,33,35)(H,34,40). The quantitative estimate of drug-likeness (QED) is 0.514. The monoisotopic (exact) mass is 576 g/mol. The molecular weight excluding hydrogens is 532 g/mol. The molecule has 2 aliphatic heterocycles. The Morgan fingerprint density at radius 2 is 1.74 bits per heavy atom. The van der Waals surface area contributed by atoms with Crippen LogP contribution < -0.4 is 10.2 Å². The maximum Gasteiger partial charge on any atom is 0.331 e. The number of piperidine rings is 1. The van der Waals surface area contributed by atoms with Crippen molar-refractivity contribution in [3.05, 3.63) is 24.4 Å². The number of carbonyl (C=O) groups is 4. The van der Waals surface area contributed by atoms with Gasteiger partial charge in [-0.2, -0.15) is 5.10 Å². The van der Waals surface area contributed by atoms with E-state index in [0.29, 0.717) is 43.5 Å². The predicted molar refractivity (Wildman–Crippen MR) is 159 cm³/mol. The predicted octanol–water partition coefficient (Wildman–Crippen LogP) is 4.32. The van der Waals surface area contributed by atoms with Crippen molar-refractivity contribution in [3.8, 4) is 0 Å². The van der Waals surface area contributed by atoms with Crippen molar-refractivity contribution in [1.29, 1.82) is 0 Å². The highest BCUT2D eigenvalue weighted by molar-refractivity contribution is 6.17. The normalized spacial score (nSPS) is 30.0. The minimum atomic E-state index is -1.05. The summed E-state index contributed by atoms with van der Waals surface area (Å²) in [6, 6.07) is 4.56. The molecule has 0 radical (unpaired) electrons. The fourth-order valence-corrected chi connectivity index (χ4v) is 8.59. The first-order valence-electron chi connectivity index (χ1n) is 15.6. The van der Waals surface area contributed by atoms with Crippen LogP contribution in [0.25, 0.3) is 10.9 Å². The molecule has 10 heteroatoms. The number of rotatable bonds is 5. The van der Waals surface area contributed by atoms with Gasteiger partial charge in [0, 0.05) is 36.6 Å². The Morgan fingerprint density at radius 1 is 1.07 bits per heavy atom. The first-order chi connectivity index (χ1) is 19.9.